The lowest BCUT2D eigenvalue weighted by atomic mass is 10.3. The molecule has 2 rings (SSSR count). The zero-order valence-electron chi connectivity index (χ0n) is 9.33. The number of nitro benzene ring substituents is 1. The van der Waals surface area contributed by atoms with E-state index in [1.165, 1.54) is 24.3 Å². The number of amides is 1. The van der Waals surface area contributed by atoms with E-state index < -0.39 is 11.0 Å². The van der Waals surface area contributed by atoms with E-state index in [2.05, 4.69) is 0 Å². The Hall–Kier alpha value is -2.11. The fourth-order valence-corrected chi connectivity index (χ4v) is 1.42. The van der Waals surface area contributed by atoms with E-state index in [4.69, 9.17) is 4.74 Å². The van der Waals surface area contributed by atoms with E-state index in [0.717, 1.165) is 12.8 Å². The van der Waals surface area contributed by atoms with Gasteiger partial charge in [0.15, 0.2) is 0 Å². The summed E-state index contributed by atoms with van der Waals surface area (Å²) in [5.74, 6) is 0.313. The van der Waals surface area contributed by atoms with Crippen molar-refractivity contribution in [2.45, 2.75) is 18.9 Å². The molecule has 17 heavy (non-hydrogen) atoms. The highest BCUT2D eigenvalue weighted by molar-refractivity contribution is 5.71. The van der Waals surface area contributed by atoms with Gasteiger partial charge < -0.3 is 9.64 Å². The summed E-state index contributed by atoms with van der Waals surface area (Å²) in [6, 6.07) is 5.72. The molecule has 0 heterocycles. The lowest BCUT2D eigenvalue weighted by molar-refractivity contribution is -0.384. The summed E-state index contributed by atoms with van der Waals surface area (Å²) >= 11 is 0. The van der Waals surface area contributed by atoms with Crippen LogP contribution in [0.1, 0.15) is 12.8 Å². The van der Waals surface area contributed by atoms with Crippen LogP contribution in [0.15, 0.2) is 24.3 Å². The molecule has 0 bridgehead atoms. The van der Waals surface area contributed by atoms with E-state index in [-0.39, 0.29) is 11.7 Å². The van der Waals surface area contributed by atoms with Gasteiger partial charge in [-0.25, -0.2) is 4.79 Å². The number of carbonyl (C=O) groups excluding carboxylic acids is 1. The number of rotatable bonds is 3. The fraction of sp³-hybridized carbons (Fsp3) is 0.364. The molecule has 1 saturated carbocycles. The first-order chi connectivity index (χ1) is 8.08. The van der Waals surface area contributed by atoms with E-state index in [9.17, 15) is 14.9 Å². The number of non-ortho nitro benzene ring substituents is 1. The third-order valence-corrected chi connectivity index (χ3v) is 2.64. The summed E-state index contributed by atoms with van der Waals surface area (Å²) in [6.07, 6.45) is 1.58. The molecule has 1 aliphatic carbocycles. The van der Waals surface area contributed by atoms with Gasteiger partial charge in [-0.05, 0) is 25.0 Å². The van der Waals surface area contributed by atoms with Gasteiger partial charge in [0.2, 0.25) is 0 Å². The summed E-state index contributed by atoms with van der Waals surface area (Å²) in [5, 5.41) is 10.4. The van der Waals surface area contributed by atoms with Gasteiger partial charge in [0.05, 0.1) is 4.92 Å². The van der Waals surface area contributed by atoms with Gasteiger partial charge in [-0.3, -0.25) is 10.1 Å². The molecular weight excluding hydrogens is 224 g/mol. The third kappa shape index (κ3) is 2.72. The average Bonchev–Trinajstić information content (AvgIpc) is 3.12. The lowest BCUT2D eigenvalue weighted by Gasteiger charge is -2.15. The number of nitro groups is 1. The second kappa shape index (κ2) is 4.40. The van der Waals surface area contributed by atoms with E-state index in [1.54, 1.807) is 11.9 Å². The number of hydrogen-bond acceptors (Lipinski definition) is 4. The van der Waals surface area contributed by atoms with Crippen molar-refractivity contribution in [2.75, 3.05) is 7.05 Å². The lowest BCUT2D eigenvalue weighted by Crippen LogP contribution is -2.31. The molecule has 1 amide bonds. The molecule has 0 N–H and O–H groups in total. The van der Waals surface area contributed by atoms with Crippen LogP contribution in [-0.4, -0.2) is 29.0 Å². The van der Waals surface area contributed by atoms with Gasteiger partial charge in [-0.1, -0.05) is 0 Å². The monoisotopic (exact) mass is 236 g/mol. The van der Waals surface area contributed by atoms with Crippen LogP contribution in [0.4, 0.5) is 10.5 Å². The summed E-state index contributed by atoms with van der Waals surface area (Å²) in [4.78, 5) is 23.1. The molecule has 1 fully saturated rings. The van der Waals surface area contributed by atoms with Crippen molar-refractivity contribution in [1.82, 2.24) is 4.90 Å². The summed E-state index contributed by atoms with van der Waals surface area (Å²) in [6.45, 7) is 0. The van der Waals surface area contributed by atoms with Crippen LogP contribution in [0.5, 0.6) is 5.75 Å². The number of nitrogens with zero attached hydrogens (tertiary/aromatic N) is 2. The van der Waals surface area contributed by atoms with Crippen molar-refractivity contribution in [1.29, 1.82) is 0 Å². The molecule has 1 aliphatic rings. The van der Waals surface area contributed by atoms with Gasteiger partial charge in [0, 0.05) is 25.2 Å². The molecule has 1 aromatic rings. The normalized spacial score (nSPS) is 14.2. The Balaban J connectivity index is 1.98. The topological polar surface area (TPSA) is 72.7 Å². The van der Waals surface area contributed by atoms with Crippen molar-refractivity contribution in [3.8, 4) is 5.75 Å². The quantitative estimate of drug-likeness (QED) is 0.595. The van der Waals surface area contributed by atoms with Gasteiger partial charge >= 0.3 is 6.09 Å². The molecule has 0 unspecified atom stereocenters. The number of benzene rings is 1. The Kier molecular flexibility index (Phi) is 2.95. The first-order valence-electron chi connectivity index (χ1n) is 5.27. The number of ether oxygens (including phenoxy) is 1. The standard InChI is InChI=1S/C11H12N2O4/c1-12(8-2-3-8)11(14)17-10-6-4-9(5-7-10)13(15)16/h4-8H,2-3H2,1H3. The largest absolute Gasteiger partial charge is 0.415 e. The predicted octanol–water partition coefficient (Wildman–Crippen LogP) is 2.19. The Bertz CT molecular complexity index is 439. The number of hydrogen-bond donors (Lipinski definition) is 0. The van der Waals surface area contributed by atoms with Crippen molar-refractivity contribution >= 4 is 11.8 Å². The SMILES string of the molecule is CN(C(=O)Oc1ccc([N+](=O)[O-])cc1)C1CC1. The zero-order valence-corrected chi connectivity index (χ0v) is 9.33. The maximum atomic E-state index is 11.6. The van der Waals surface area contributed by atoms with E-state index in [0.29, 0.717) is 5.75 Å². The Morgan fingerprint density at radius 1 is 1.41 bits per heavy atom. The third-order valence-electron chi connectivity index (χ3n) is 2.64. The van der Waals surface area contributed by atoms with Crippen LogP contribution >= 0.6 is 0 Å². The van der Waals surface area contributed by atoms with Crippen molar-refractivity contribution in [3.05, 3.63) is 34.4 Å². The zero-order chi connectivity index (χ0) is 12.4. The van der Waals surface area contributed by atoms with Gasteiger partial charge in [0.1, 0.15) is 5.75 Å². The fourth-order valence-electron chi connectivity index (χ4n) is 1.42. The summed E-state index contributed by atoms with van der Waals surface area (Å²) in [7, 11) is 1.69. The van der Waals surface area contributed by atoms with Gasteiger partial charge in [-0.2, -0.15) is 0 Å². The molecule has 6 heteroatoms. The molecule has 0 radical (unpaired) electrons. The molecule has 6 nitrogen and oxygen atoms in total. The second-order valence-electron chi connectivity index (χ2n) is 3.96. The smallest absolute Gasteiger partial charge is 0.410 e. The van der Waals surface area contributed by atoms with Crippen molar-refractivity contribution in [3.63, 3.8) is 0 Å². The van der Waals surface area contributed by atoms with Crippen LogP contribution < -0.4 is 4.74 Å². The first-order valence-corrected chi connectivity index (χ1v) is 5.27. The molecule has 0 aromatic heterocycles. The van der Waals surface area contributed by atoms with E-state index >= 15 is 0 Å². The summed E-state index contributed by atoms with van der Waals surface area (Å²) in [5.41, 5.74) is -0.0275. The van der Waals surface area contributed by atoms with Crippen molar-refractivity contribution in [2.24, 2.45) is 0 Å². The van der Waals surface area contributed by atoms with Crippen LogP contribution in [0.2, 0.25) is 0 Å². The Labute approximate surface area is 97.9 Å². The summed E-state index contributed by atoms with van der Waals surface area (Å²) < 4.78 is 5.08. The van der Waals surface area contributed by atoms with Gasteiger partial charge in [0.25, 0.3) is 5.69 Å². The highest BCUT2D eigenvalue weighted by Gasteiger charge is 2.30. The Morgan fingerprint density at radius 3 is 2.47 bits per heavy atom. The van der Waals surface area contributed by atoms with Crippen LogP contribution in [0, 0.1) is 10.1 Å². The molecular formula is C11H12N2O4. The predicted molar refractivity (Wildman–Crippen MR) is 59.9 cm³/mol. The van der Waals surface area contributed by atoms with Crippen LogP contribution in [-0.2, 0) is 0 Å². The molecule has 1 aromatic carbocycles. The maximum Gasteiger partial charge on any atom is 0.415 e. The minimum Gasteiger partial charge on any atom is -0.410 e. The average molecular weight is 236 g/mol. The molecule has 0 spiro atoms. The number of carbonyl (C=O) groups is 1. The highest BCUT2D eigenvalue weighted by atomic mass is 16.6. The molecule has 0 saturated heterocycles. The van der Waals surface area contributed by atoms with Gasteiger partial charge in [-0.15, -0.1) is 0 Å². The molecule has 0 atom stereocenters. The molecule has 0 aliphatic heterocycles. The molecule has 90 valence electrons. The highest BCUT2D eigenvalue weighted by Crippen LogP contribution is 2.26. The Morgan fingerprint density at radius 2 is 2.00 bits per heavy atom. The van der Waals surface area contributed by atoms with E-state index in [1.807, 2.05) is 0 Å². The van der Waals surface area contributed by atoms with Crippen molar-refractivity contribution < 1.29 is 14.5 Å². The second-order valence-corrected chi connectivity index (χ2v) is 3.96. The first kappa shape index (κ1) is 11.4. The van der Waals surface area contributed by atoms with Crippen LogP contribution in [0.25, 0.3) is 0 Å². The minimum atomic E-state index is -0.498. The maximum absolute atomic E-state index is 11.6. The van der Waals surface area contributed by atoms with Crippen LogP contribution in [0.3, 0.4) is 0 Å². The minimum absolute atomic E-state index is 0.0275.